The van der Waals surface area contributed by atoms with Crippen LogP contribution in [0.15, 0.2) is 35.9 Å². The van der Waals surface area contributed by atoms with Gasteiger partial charge in [0.2, 0.25) is 0 Å². The Labute approximate surface area is 104 Å². The summed E-state index contributed by atoms with van der Waals surface area (Å²) >= 11 is 0. The van der Waals surface area contributed by atoms with Crippen molar-refractivity contribution in [2.45, 2.75) is 51.6 Å². The Hall–Kier alpha value is -1.08. The van der Waals surface area contributed by atoms with Gasteiger partial charge in [-0.05, 0) is 43.7 Å². The highest BCUT2D eigenvalue weighted by molar-refractivity contribution is 5.24. The predicted octanol–water partition coefficient (Wildman–Crippen LogP) is 3.79. The summed E-state index contributed by atoms with van der Waals surface area (Å²) in [4.78, 5) is 0. The average Bonchev–Trinajstić information content (AvgIpc) is 2.57. The van der Waals surface area contributed by atoms with Gasteiger partial charge in [0.25, 0.3) is 0 Å². The van der Waals surface area contributed by atoms with E-state index in [-0.39, 0.29) is 6.10 Å². The summed E-state index contributed by atoms with van der Waals surface area (Å²) in [5.74, 6) is 0. The van der Waals surface area contributed by atoms with Crippen molar-refractivity contribution in [3.63, 3.8) is 0 Å². The Morgan fingerprint density at radius 1 is 1.24 bits per heavy atom. The number of allylic oxidation sites excluding steroid dienone is 1. The van der Waals surface area contributed by atoms with E-state index in [0.717, 1.165) is 19.3 Å². The lowest BCUT2D eigenvalue weighted by Crippen LogP contribution is -2.13. The molecule has 1 unspecified atom stereocenters. The average molecular weight is 230 g/mol. The predicted molar refractivity (Wildman–Crippen MR) is 72.1 cm³/mol. The fraction of sp³-hybridized carbons (Fsp3) is 0.500. The van der Waals surface area contributed by atoms with Crippen molar-refractivity contribution in [2.24, 2.45) is 0 Å². The molecule has 1 aromatic rings. The number of aryl methyl sites for hydroxylation is 1. The van der Waals surface area contributed by atoms with Gasteiger partial charge in [-0.15, -0.1) is 0 Å². The molecule has 2 rings (SSSR count). The fourth-order valence-corrected chi connectivity index (χ4v) is 2.54. The van der Waals surface area contributed by atoms with Gasteiger partial charge in [0, 0.05) is 6.42 Å². The van der Waals surface area contributed by atoms with Crippen LogP contribution in [0.5, 0.6) is 0 Å². The summed E-state index contributed by atoms with van der Waals surface area (Å²) in [5.41, 5.74) is 3.76. The lowest BCUT2D eigenvalue weighted by atomic mass is 9.97. The monoisotopic (exact) mass is 230 g/mol. The van der Waals surface area contributed by atoms with Crippen LogP contribution in [0.3, 0.4) is 0 Å². The summed E-state index contributed by atoms with van der Waals surface area (Å²) < 4.78 is 0. The Balaban J connectivity index is 2.00. The van der Waals surface area contributed by atoms with E-state index in [1.165, 1.54) is 36.0 Å². The Morgan fingerprint density at radius 3 is 2.94 bits per heavy atom. The highest BCUT2D eigenvalue weighted by Gasteiger charge is 2.13. The van der Waals surface area contributed by atoms with E-state index in [1.807, 2.05) is 0 Å². The molecule has 0 fully saturated rings. The molecule has 1 aliphatic carbocycles. The van der Waals surface area contributed by atoms with Gasteiger partial charge in [0.15, 0.2) is 0 Å². The third kappa shape index (κ3) is 3.71. The summed E-state index contributed by atoms with van der Waals surface area (Å²) in [5, 5.41) is 10.3. The molecule has 1 aliphatic rings. The van der Waals surface area contributed by atoms with E-state index in [2.05, 4.69) is 37.3 Å². The molecule has 1 aromatic carbocycles. The number of rotatable bonds is 3. The lowest BCUT2D eigenvalue weighted by Gasteiger charge is -2.14. The van der Waals surface area contributed by atoms with Crippen molar-refractivity contribution in [3.8, 4) is 0 Å². The molecular weight excluding hydrogens is 208 g/mol. The topological polar surface area (TPSA) is 20.2 Å². The highest BCUT2D eigenvalue weighted by atomic mass is 16.3. The molecule has 0 aliphatic heterocycles. The van der Waals surface area contributed by atoms with Gasteiger partial charge in [-0.2, -0.15) is 0 Å². The minimum Gasteiger partial charge on any atom is -0.388 e. The molecule has 0 saturated heterocycles. The molecule has 0 radical (unpaired) electrons. The van der Waals surface area contributed by atoms with Crippen LogP contribution in [0.2, 0.25) is 0 Å². The first-order chi connectivity index (χ1) is 8.25. The van der Waals surface area contributed by atoms with E-state index in [9.17, 15) is 5.11 Å². The normalized spacial score (nSPS) is 18.4. The maximum atomic E-state index is 10.3. The van der Waals surface area contributed by atoms with Crippen LogP contribution in [0.25, 0.3) is 0 Å². The summed E-state index contributed by atoms with van der Waals surface area (Å²) in [6.07, 6.45) is 8.76. The van der Waals surface area contributed by atoms with Crippen molar-refractivity contribution < 1.29 is 5.11 Å². The second-order valence-corrected chi connectivity index (χ2v) is 5.09. The Morgan fingerprint density at radius 2 is 2.12 bits per heavy atom. The molecule has 92 valence electrons. The number of benzene rings is 1. The van der Waals surface area contributed by atoms with Crippen LogP contribution < -0.4 is 0 Å². The minimum atomic E-state index is -0.283. The van der Waals surface area contributed by atoms with Gasteiger partial charge in [-0.1, -0.05) is 42.3 Å². The van der Waals surface area contributed by atoms with E-state index in [0.29, 0.717) is 0 Å². The van der Waals surface area contributed by atoms with E-state index < -0.39 is 0 Å². The van der Waals surface area contributed by atoms with Crippen molar-refractivity contribution in [1.29, 1.82) is 0 Å². The fourth-order valence-electron chi connectivity index (χ4n) is 2.54. The molecule has 0 saturated carbocycles. The standard InChI is InChI=1S/C16H22O/c1-13-7-6-8-14(11-13)12-16(17)15-9-4-2-3-5-10-15/h6-9,11,16-17H,2-5,10,12H2,1H3. The number of hydrogen-bond acceptors (Lipinski definition) is 1. The molecular formula is C16H22O. The summed E-state index contributed by atoms with van der Waals surface area (Å²) in [6.45, 7) is 2.10. The van der Waals surface area contributed by atoms with E-state index in [1.54, 1.807) is 0 Å². The van der Waals surface area contributed by atoms with Gasteiger partial charge in [-0.25, -0.2) is 0 Å². The number of aliphatic hydroxyl groups excluding tert-OH is 1. The van der Waals surface area contributed by atoms with Crippen LogP contribution >= 0.6 is 0 Å². The van der Waals surface area contributed by atoms with E-state index >= 15 is 0 Å². The lowest BCUT2D eigenvalue weighted by molar-refractivity contribution is 0.206. The molecule has 1 N–H and O–H groups in total. The van der Waals surface area contributed by atoms with Crippen LogP contribution in [0.1, 0.15) is 43.2 Å². The molecule has 0 amide bonds. The van der Waals surface area contributed by atoms with Crippen LogP contribution in [-0.2, 0) is 6.42 Å². The highest BCUT2D eigenvalue weighted by Crippen LogP contribution is 2.22. The van der Waals surface area contributed by atoms with Gasteiger partial charge in [0.1, 0.15) is 0 Å². The van der Waals surface area contributed by atoms with Crippen LogP contribution in [-0.4, -0.2) is 11.2 Å². The second-order valence-electron chi connectivity index (χ2n) is 5.09. The second kappa shape index (κ2) is 6.02. The van der Waals surface area contributed by atoms with Crippen molar-refractivity contribution in [1.82, 2.24) is 0 Å². The van der Waals surface area contributed by atoms with Crippen LogP contribution in [0, 0.1) is 6.92 Å². The molecule has 1 nitrogen and oxygen atoms in total. The third-order valence-electron chi connectivity index (χ3n) is 3.52. The first-order valence-corrected chi connectivity index (χ1v) is 6.68. The van der Waals surface area contributed by atoms with Crippen LogP contribution in [0.4, 0.5) is 0 Å². The largest absolute Gasteiger partial charge is 0.388 e. The first-order valence-electron chi connectivity index (χ1n) is 6.68. The zero-order chi connectivity index (χ0) is 12.1. The molecule has 0 bridgehead atoms. The van der Waals surface area contributed by atoms with Crippen molar-refractivity contribution in [3.05, 3.63) is 47.0 Å². The molecule has 0 heterocycles. The van der Waals surface area contributed by atoms with E-state index in [4.69, 9.17) is 0 Å². The summed E-state index contributed by atoms with van der Waals surface area (Å²) in [6, 6.07) is 8.44. The van der Waals surface area contributed by atoms with Gasteiger partial charge in [-0.3, -0.25) is 0 Å². The smallest absolute Gasteiger partial charge is 0.0790 e. The zero-order valence-electron chi connectivity index (χ0n) is 10.7. The van der Waals surface area contributed by atoms with Gasteiger partial charge in [0.05, 0.1) is 6.10 Å². The molecule has 1 heteroatoms. The maximum absolute atomic E-state index is 10.3. The molecule has 17 heavy (non-hydrogen) atoms. The number of hydrogen-bond donors (Lipinski definition) is 1. The quantitative estimate of drug-likeness (QED) is 0.783. The van der Waals surface area contributed by atoms with Gasteiger partial charge >= 0.3 is 0 Å². The SMILES string of the molecule is Cc1cccc(CC(O)C2=CCCCCC2)c1. The first kappa shape index (κ1) is 12.4. The Kier molecular flexibility index (Phi) is 4.38. The third-order valence-corrected chi connectivity index (χ3v) is 3.52. The molecule has 0 aromatic heterocycles. The minimum absolute atomic E-state index is 0.283. The number of aliphatic hydroxyl groups is 1. The zero-order valence-corrected chi connectivity index (χ0v) is 10.7. The van der Waals surface area contributed by atoms with Crippen molar-refractivity contribution in [2.75, 3.05) is 0 Å². The summed E-state index contributed by atoms with van der Waals surface area (Å²) in [7, 11) is 0. The Bertz CT molecular complexity index is 392. The van der Waals surface area contributed by atoms with Crippen molar-refractivity contribution >= 4 is 0 Å². The molecule has 0 spiro atoms. The molecule has 1 atom stereocenters. The van der Waals surface area contributed by atoms with Gasteiger partial charge < -0.3 is 5.11 Å². The maximum Gasteiger partial charge on any atom is 0.0790 e.